The van der Waals surface area contributed by atoms with E-state index in [2.05, 4.69) is 23.6 Å². The van der Waals surface area contributed by atoms with Crippen molar-refractivity contribution in [3.8, 4) is 0 Å². The molecule has 3 aliphatic rings. The summed E-state index contributed by atoms with van der Waals surface area (Å²) >= 11 is 0. The lowest BCUT2D eigenvalue weighted by molar-refractivity contribution is -0.101. The van der Waals surface area contributed by atoms with Gasteiger partial charge in [0.15, 0.2) is 0 Å². The number of piperidine rings is 1. The molecular weight excluding hydrogens is 236 g/mol. The summed E-state index contributed by atoms with van der Waals surface area (Å²) < 4.78 is 5.81. The van der Waals surface area contributed by atoms with Crippen molar-refractivity contribution in [2.75, 3.05) is 32.8 Å². The van der Waals surface area contributed by atoms with Gasteiger partial charge in [-0.05, 0) is 45.6 Å². The molecule has 0 aromatic rings. The van der Waals surface area contributed by atoms with Gasteiger partial charge in [0.2, 0.25) is 0 Å². The SMILES string of the molecule is CCC1CN2CCCCC2CN1C1(C)CCCOC1. The van der Waals surface area contributed by atoms with E-state index in [0.717, 1.165) is 25.3 Å². The van der Waals surface area contributed by atoms with Gasteiger partial charge in [-0.3, -0.25) is 9.80 Å². The molecule has 0 bridgehead atoms. The first-order valence-electron chi connectivity index (χ1n) is 8.31. The van der Waals surface area contributed by atoms with E-state index in [1.807, 2.05) is 0 Å². The molecule has 0 saturated carbocycles. The Labute approximate surface area is 118 Å². The molecule has 3 fully saturated rings. The molecule has 3 unspecified atom stereocenters. The lowest BCUT2D eigenvalue weighted by Gasteiger charge is -2.55. The topological polar surface area (TPSA) is 15.7 Å². The minimum atomic E-state index is 0.294. The normalized spacial score (nSPS) is 42.0. The number of nitrogens with zero attached hydrogens (tertiary/aromatic N) is 2. The summed E-state index contributed by atoms with van der Waals surface area (Å²) in [6.45, 7) is 10.6. The van der Waals surface area contributed by atoms with E-state index < -0.39 is 0 Å². The fraction of sp³-hybridized carbons (Fsp3) is 1.00. The van der Waals surface area contributed by atoms with Crippen LogP contribution in [-0.4, -0.2) is 60.3 Å². The number of hydrogen-bond donors (Lipinski definition) is 0. The van der Waals surface area contributed by atoms with E-state index in [-0.39, 0.29) is 0 Å². The molecule has 3 saturated heterocycles. The summed E-state index contributed by atoms with van der Waals surface area (Å²) in [5.41, 5.74) is 0.294. The van der Waals surface area contributed by atoms with Crippen LogP contribution in [0.5, 0.6) is 0 Å². The smallest absolute Gasteiger partial charge is 0.0647 e. The van der Waals surface area contributed by atoms with Crippen molar-refractivity contribution in [1.29, 1.82) is 0 Å². The van der Waals surface area contributed by atoms with E-state index in [1.165, 1.54) is 58.2 Å². The lowest BCUT2D eigenvalue weighted by Crippen LogP contribution is -2.66. The van der Waals surface area contributed by atoms with Gasteiger partial charge in [0.1, 0.15) is 0 Å². The summed E-state index contributed by atoms with van der Waals surface area (Å²) in [7, 11) is 0. The molecule has 3 atom stereocenters. The van der Waals surface area contributed by atoms with Crippen LogP contribution in [0, 0.1) is 0 Å². The van der Waals surface area contributed by atoms with Crippen molar-refractivity contribution in [3.05, 3.63) is 0 Å². The molecule has 19 heavy (non-hydrogen) atoms. The van der Waals surface area contributed by atoms with E-state index in [0.29, 0.717) is 5.54 Å². The highest BCUT2D eigenvalue weighted by molar-refractivity contribution is 4.99. The highest BCUT2D eigenvalue weighted by Gasteiger charge is 2.43. The molecule has 0 aromatic carbocycles. The molecule has 3 nitrogen and oxygen atoms in total. The summed E-state index contributed by atoms with van der Waals surface area (Å²) in [6, 6.07) is 1.55. The van der Waals surface area contributed by atoms with Crippen LogP contribution in [0.4, 0.5) is 0 Å². The van der Waals surface area contributed by atoms with E-state index in [9.17, 15) is 0 Å². The number of piperazine rings is 1. The van der Waals surface area contributed by atoms with Gasteiger partial charge in [0.25, 0.3) is 0 Å². The molecule has 3 rings (SSSR count). The number of rotatable bonds is 2. The van der Waals surface area contributed by atoms with Crippen LogP contribution < -0.4 is 0 Å². The molecule has 0 N–H and O–H groups in total. The quantitative estimate of drug-likeness (QED) is 0.764. The van der Waals surface area contributed by atoms with Gasteiger partial charge in [-0.1, -0.05) is 13.3 Å². The van der Waals surface area contributed by atoms with Crippen LogP contribution in [0.25, 0.3) is 0 Å². The standard InChI is InChI=1S/C16H30N2O/c1-3-14-11-17-9-5-4-7-15(17)12-18(14)16(2)8-6-10-19-13-16/h14-15H,3-13H2,1-2H3. The minimum Gasteiger partial charge on any atom is -0.380 e. The Bertz CT molecular complexity index is 301. The second kappa shape index (κ2) is 5.71. The van der Waals surface area contributed by atoms with Crippen LogP contribution in [0.3, 0.4) is 0 Å². The summed E-state index contributed by atoms with van der Waals surface area (Å²) in [6.07, 6.45) is 8.07. The van der Waals surface area contributed by atoms with E-state index in [1.54, 1.807) is 0 Å². The second-order valence-corrected chi connectivity index (χ2v) is 7.01. The average molecular weight is 266 g/mol. The molecule has 0 spiro atoms. The van der Waals surface area contributed by atoms with Crippen LogP contribution in [0.1, 0.15) is 52.4 Å². The van der Waals surface area contributed by atoms with E-state index >= 15 is 0 Å². The lowest BCUT2D eigenvalue weighted by atomic mass is 9.86. The van der Waals surface area contributed by atoms with Gasteiger partial charge in [-0.2, -0.15) is 0 Å². The summed E-state index contributed by atoms with van der Waals surface area (Å²) in [5.74, 6) is 0. The minimum absolute atomic E-state index is 0.294. The molecule has 0 radical (unpaired) electrons. The largest absolute Gasteiger partial charge is 0.380 e. The average Bonchev–Trinajstić information content (AvgIpc) is 2.46. The number of ether oxygens (including phenoxy) is 1. The molecular formula is C16H30N2O. The Morgan fingerprint density at radius 3 is 2.84 bits per heavy atom. The Kier molecular flexibility index (Phi) is 4.16. The maximum Gasteiger partial charge on any atom is 0.0647 e. The predicted octanol–water partition coefficient (Wildman–Crippen LogP) is 2.50. The third kappa shape index (κ3) is 2.70. The van der Waals surface area contributed by atoms with Crippen LogP contribution in [0.15, 0.2) is 0 Å². The van der Waals surface area contributed by atoms with Crippen LogP contribution in [-0.2, 0) is 4.74 Å². The predicted molar refractivity (Wildman–Crippen MR) is 78.5 cm³/mol. The molecule has 0 aromatic heterocycles. The fourth-order valence-electron chi connectivity index (χ4n) is 4.41. The van der Waals surface area contributed by atoms with Crippen molar-refractivity contribution in [2.45, 2.75) is 70.0 Å². The Balaban J connectivity index is 1.74. The molecule has 3 heteroatoms. The van der Waals surface area contributed by atoms with Crippen molar-refractivity contribution < 1.29 is 4.74 Å². The molecule has 110 valence electrons. The molecule has 0 aliphatic carbocycles. The van der Waals surface area contributed by atoms with Gasteiger partial charge >= 0.3 is 0 Å². The summed E-state index contributed by atoms with van der Waals surface area (Å²) in [4.78, 5) is 5.58. The zero-order chi connectivity index (χ0) is 13.3. The highest BCUT2D eigenvalue weighted by atomic mass is 16.5. The molecule has 3 aliphatic heterocycles. The number of hydrogen-bond acceptors (Lipinski definition) is 3. The third-order valence-corrected chi connectivity index (χ3v) is 5.62. The van der Waals surface area contributed by atoms with Gasteiger partial charge in [-0.15, -0.1) is 0 Å². The van der Waals surface area contributed by atoms with Gasteiger partial charge in [-0.25, -0.2) is 0 Å². The van der Waals surface area contributed by atoms with Crippen LogP contribution >= 0.6 is 0 Å². The fourth-order valence-corrected chi connectivity index (χ4v) is 4.41. The first kappa shape index (κ1) is 13.8. The zero-order valence-corrected chi connectivity index (χ0v) is 12.7. The van der Waals surface area contributed by atoms with Crippen molar-refractivity contribution in [1.82, 2.24) is 9.80 Å². The van der Waals surface area contributed by atoms with Gasteiger partial charge in [0.05, 0.1) is 6.61 Å². The zero-order valence-electron chi connectivity index (χ0n) is 12.7. The van der Waals surface area contributed by atoms with E-state index in [4.69, 9.17) is 4.74 Å². The molecule has 3 heterocycles. The van der Waals surface area contributed by atoms with Crippen molar-refractivity contribution >= 4 is 0 Å². The Hall–Kier alpha value is -0.120. The maximum atomic E-state index is 5.81. The monoisotopic (exact) mass is 266 g/mol. The van der Waals surface area contributed by atoms with Crippen molar-refractivity contribution in [3.63, 3.8) is 0 Å². The first-order chi connectivity index (χ1) is 9.23. The second-order valence-electron chi connectivity index (χ2n) is 7.01. The molecule has 0 amide bonds. The van der Waals surface area contributed by atoms with Crippen molar-refractivity contribution in [2.24, 2.45) is 0 Å². The van der Waals surface area contributed by atoms with Crippen LogP contribution in [0.2, 0.25) is 0 Å². The highest BCUT2D eigenvalue weighted by Crippen LogP contribution is 2.34. The first-order valence-corrected chi connectivity index (χ1v) is 8.31. The Morgan fingerprint density at radius 1 is 1.21 bits per heavy atom. The third-order valence-electron chi connectivity index (χ3n) is 5.62. The maximum absolute atomic E-state index is 5.81. The van der Waals surface area contributed by atoms with Gasteiger partial charge in [0, 0.05) is 37.3 Å². The number of fused-ring (bicyclic) bond motifs is 1. The summed E-state index contributed by atoms with van der Waals surface area (Å²) in [5, 5.41) is 0. The van der Waals surface area contributed by atoms with Gasteiger partial charge < -0.3 is 4.74 Å². The Morgan fingerprint density at radius 2 is 2.11 bits per heavy atom.